The largest absolute Gasteiger partial charge is 0.419 e. The lowest BCUT2D eigenvalue weighted by atomic mass is 10.1. The van der Waals surface area contributed by atoms with Crippen LogP contribution in [0.25, 0.3) is 11.1 Å². The highest BCUT2D eigenvalue weighted by atomic mass is 32.2. The first-order chi connectivity index (χ1) is 11.8. The fourth-order valence-corrected chi connectivity index (χ4v) is 3.83. The van der Waals surface area contributed by atoms with Gasteiger partial charge in [-0.15, -0.1) is 0 Å². The molecule has 1 unspecified atom stereocenters. The molecule has 0 saturated carbocycles. The van der Waals surface area contributed by atoms with Crippen molar-refractivity contribution in [2.45, 2.75) is 31.3 Å². The highest BCUT2D eigenvalue weighted by molar-refractivity contribution is 7.89. The van der Waals surface area contributed by atoms with Crippen LogP contribution in [0.2, 0.25) is 0 Å². The lowest BCUT2D eigenvalue weighted by Crippen LogP contribution is -2.41. The van der Waals surface area contributed by atoms with Crippen LogP contribution < -0.4 is 10.5 Å². The van der Waals surface area contributed by atoms with Crippen molar-refractivity contribution in [2.75, 3.05) is 0 Å². The molecule has 10 heteroatoms. The van der Waals surface area contributed by atoms with Crippen molar-refractivity contribution in [3.05, 3.63) is 41.1 Å². The number of oxazole rings is 1. The maximum Gasteiger partial charge on any atom is 0.419 e. The predicted octanol–water partition coefficient (Wildman–Crippen LogP) is 0.726. The minimum Gasteiger partial charge on any atom is -0.408 e. The number of fused-ring (bicyclic) bond motifs is 1. The second kappa shape index (κ2) is 6.45. The molecule has 25 heavy (non-hydrogen) atoms. The molecular formula is C15H19N5O4S. The van der Waals surface area contributed by atoms with E-state index in [1.165, 1.54) is 34.6 Å². The average molecular weight is 365 g/mol. The molecular weight excluding hydrogens is 346 g/mol. The van der Waals surface area contributed by atoms with Crippen molar-refractivity contribution in [1.29, 1.82) is 0 Å². The minimum atomic E-state index is -3.78. The molecule has 0 aliphatic heterocycles. The Hall–Kier alpha value is -2.46. The van der Waals surface area contributed by atoms with E-state index in [-0.39, 0.29) is 16.9 Å². The fraction of sp³-hybridized carbons (Fsp3) is 0.400. The molecule has 134 valence electrons. The molecule has 3 aromatic rings. The molecule has 0 fully saturated rings. The third-order valence-corrected chi connectivity index (χ3v) is 5.50. The summed E-state index contributed by atoms with van der Waals surface area (Å²) in [6, 6.07) is 3.93. The van der Waals surface area contributed by atoms with Crippen molar-refractivity contribution < 1.29 is 12.8 Å². The monoisotopic (exact) mass is 365 g/mol. The average Bonchev–Trinajstić information content (AvgIpc) is 3.15. The van der Waals surface area contributed by atoms with Crippen molar-refractivity contribution in [3.8, 4) is 0 Å². The van der Waals surface area contributed by atoms with Crippen molar-refractivity contribution in [1.82, 2.24) is 24.3 Å². The van der Waals surface area contributed by atoms with Crippen LogP contribution in [0, 0.1) is 5.92 Å². The number of hydrogen-bond acceptors (Lipinski definition) is 6. The van der Waals surface area contributed by atoms with E-state index >= 15 is 0 Å². The summed E-state index contributed by atoms with van der Waals surface area (Å²) >= 11 is 0. The van der Waals surface area contributed by atoms with E-state index in [1.807, 2.05) is 13.8 Å². The molecule has 0 amide bonds. The van der Waals surface area contributed by atoms with Crippen LogP contribution in [-0.2, 0) is 23.6 Å². The Labute approximate surface area is 144 Å². The summed E-state index contributed by atoms with van der Waals surface area (Å²) in [5.74, 6) is -0.509. The third-order valence-electron chi connectivity index (χ3n) is 4.01. The van der Waals surface area contributed by atoms with Gasteiger partial charge in [0.15, 0.2) is 5.58 Å². The van der Waals surface area contributed by atoms with Gasteiger partial charge in [0.05, 0.1) is 29.4 Å². The zero-order chi connectivity index (χ0) is 18.2. The molecule has 9 nitrogen and oxygen atoms in total. The number of aromatic nitrogens is 4. The number of benzene rings is 1. The van der Waals surface area contributed by atoms with Gasteiger partial charge in [0, 0.05) is 13.1 Å². The summed E-state index contributed by atoms with van der Waals surface area (Å²) < 4.78 is 34.5. The number of nitrogens with zero attached hydrogens (tertiary/aromatic N) is 4. The molecule has 3 rings (SSSR count). The summed E-state index contributed by atoms with van der Waals surface area (Å²) in [6.07, 6.45) is 3.08. The van der Waals surface area contributed by atoms with Gasteiger partial charge in [-0.2, -0.15) is 15.0 Å². The van der Waals surface area contributed by atoms with E-state index in [0.717, 1.165) is 0 Å². The zero-order valence-electron chi connectivity index (χ0n) is 14.1. The molecule has 0 bridgehead atoms. The van der Waals surface area contributed by atoms with Crippen LogP contribution in [0.4, 0.5) is 0 Å². The molecule has 2 heterocycles. The maximum absolute atomic E-state index is 12.8. The number of hydrogen-bond donors (Lipinski definition) is 1. The van der Waals surface area contributed by atoms with Gasteiger partial charge in [-0.3, -0.25) is 4.57 Å². The van der Waals surface area contributed by atoms with Crippen LogP contribution in [0.1, 0.15) is 13.8 Å². The topological polar surface area (TPSA) is 112 Å². The van der Waals surface area contributed by atoms with Crippen LogP contribution in [0.5, 0.6) is 0 Å². The standard InChI is InChI=1S/C15H19N5O4S/c1-10(2)12(9-20-16-6-7-17-20)18-25(22,23)11-4-5-14-13(8-11)19(3)15(21)24-14/h4-8,10,12,18H,9H2,1-3H3. The van der Waals surface area contributed by atoms with Gasteiger partial charge in [-0.05, 0) is 24.1 Å². The van der Waals surface area contributed by atoms with Gasteiger partial charge >= 0.3 is 5.76 Å². The van der Waals surface area contributed by atoms with E-state index in [9.17, 15) is 13.2 Å². The van der Waals surface area contributed by atoms with Crippen LogP contribution in [0.15, 0.2) is 44.7 Å². The van der Waals surface area contributed by atoms with Gasteiger partial charge in [0.1, 0.15) is 0 Å². The predicted molar refractivity (Wildman–Crippen MR) is 90.4 cm³/mol. The molecule has 1 atom stereocenters. The lowest BCUT2D eigenvalue weighted by Gasteiger charge is -2.21. The Balaban J connectivity index is 1.91. The molecule has 2 aromatic heterocycles. The van der Waals surface area contributed by atoms with Gasteiger partial charge in [0.2, 0.25) is 10.0 Å². The van der Waals surface area contributed by atoms with E-state index in [4.69, 9.17) is 4.42 Å². The third kappa shape index (κ3) is 3.49. The van der Waals surface area contributed by atoms with Crippen LogP contribution >= 0.6 is 0 Å². The Morgan fingerprint density at radius 2 is 1.92 bits per heavy atom. The quantitative estimate of drug-likeness (QED) is 0.689. The highest BCUT2D eigenvalue weighted by Crippen LogP contribution is 2.19. The first-order valence-corrected chi connectivity index (χ1v) is 9.22. The maximum atomic E-state index is 12.8. The summed E-state index contributed by atoms with van der Waals surface area (Å²) in [5.41, 5.74) is 0.760. The number of aryl methyl sites for hydroxylation is 1. The smallest absolute Gasteiger partial charge is 0.408 e. The van der Waals surface area contributed by atoms with Crippen molar-refractivity contribution in [3.63, 3.8) is 0 Å². The first-order valence-electron chi connectivity index (χ1n) is 7.74. The van der Waals surface area contributed by atoms with Crippen molar-refractivity contribution in [2.24, 2.45) is 13.0 Å². The molecule has 1 N–H and O–H groups in total. The summed E-state index contributed by atoms with van der Waals surface area (Å²) in [7, 11) is -2.26. The summed E-state index contributed by atoms with van der Waals surface area (Å²) in [6.45, 7) is 4.15. The highest BCUT2D eigenvalue weighted by Gasteiger charge is 2.24. The molecule has 0 spiro atoms. The van der Waals surface area contributed by atoms with Crippen LogP contribution in [-0.4, -0.2) is 34.0 Å². The van der Waals surface area contributed by atoms with Gasteiger partial charge in [0.25, 0.3) is 0 Å². The second-order valence-corrected chi connectivity index (χ2v) is 7.83. The molecule has 0 aliphatic rings. The summed E-state index contributed by atoms with van der Waals surface area (Å²) in [5, 5.41) is 8.03. The Morgan fingerprint density at radius 1 is 1.24 bits per heavy atom. The molecule has 0 radical (unpaired) electrons. The number of sulfonamides is 1. The SMILES string of the molecule is CC(C)C(Cn1nccn1)NS(=O)(=O)c1ccc2oc(=O)n(C)c2c1. The summed E-state index contributed by atoms with van der Waals surface area (Å²) in [4.78, 5) is 13.1. The minimum absolute atomic E-state index is 0.0304. The number of nitrogens with one attached hydrogen (secondary N) is 1. The lowest BCUT2D eigenvalue weighted by molar-refractivity contribution is 0.361. The second-order valence-electron chi connectivity index (χ2n) is 6.11. The Morgan fingerprint density at radius 3 is 2.56 bits per heavy atom. The Bertz CT molecular complexity index is 1030. The first kappa shape index (κ1) is 17.4. The van der Waals surface area contributed by atoms with Gasteiger partial charge < -0.3 is 4.42 Å². The molecule has 1 aromatic carbocycles. The van der Waals surface area contributed by atoms with E-state index in [2.05, 4.69) is 14.9 Å². The normalized spacial score (nSPS) is 13.6. The zero-order valence-corrected chi connectivity index (χ0v) is 14.9. The number of rotatable bonds is 6. The molecule has 0 saturated heterocycles. The van der Waals surface area contributed by atoms with E-state index in [0.29, 0.717) is 17.6 Å². The fourth-order valence-electron chi connectivity index (χ4n) is 2.44. The van der Waals surface area contributed by atoms with Crippen molar-refractivity contribution >= 4 is 21.1 Å². The van der Waals surface area contributed by atoms with Gasteiger partial charge in [-0.1, -0.05) is 13.8 Å². The van der Waals surface area contributed by atoms with E-state index in [1.54, 1.807) is 12.4 Å². The molecule has 0 aliphatic carbocycles. The van der Waals surface area contributed by atoms with Crippen LogP contribution in [0.3, 0.4) is 0 Å². The Kier molecular flexibility index (Phi) is 4.48. The van der Waals surface area contributed by atoms with Gasteiger partial charge in [-0.25, -0.2) is 17.9 Å². The van der Waals surface area contributed by atoms with E-state index < -0.39 is 15.8 Å².